The Kier molecular flexibility index (Phi) is 5.48. The zero-order valence-corrected chi connectivity index (χ0v) is 17.1. The maximum atomic E-state index is 13.0. The molecule has 0 aliphatic rings. The van der Waals surface area contributed by atoms with E-state index >= 15 is 0 Å². The van der Waals surface area contributed by atoms with Gasteiger partial charge in [-0.3, -0.25) is 14.2 Å². The molecular formula is C24H24N4O2. The maximum Gasteiger partial charge on any atom is 0.277 e. The number of carbonyl (C=O) groups is 1. The molecule has 4 rings (SSSR count). The van der Waals surface area contributed by atoms with Crippen molar-refractivity contribution in [3.63, 3.8) is 0 Å². The monoisotopic (exact) mass is 400 g/mol. The van der Waals surface area contributed by atoms with Crippen LogP contribution in [-0.4, -0.2) is 20.0 Å². The summed E-state index contributed by atoms with van der Waals surface area (Å²) in [4.78, 5) is 30.3. The molecule has 0 spiro atoms. The highest BCUT2D eigenvalue weighted by Gasteiger charge is 2.17. The molecule has 0 unspecified atom stereocenters. The summed E-state index contributed by atoms with van der Waals surface area (Å²) < 4.78 is 3.26. The highest BCUT2D eigenvalue weighted by Crippen LogP contribution is 2.27. The topological polar surface area (TPSA) is 68.9 Å². The predicted octanol–water partition coefficient (Wildman–Crippen LogP) is 4.09. The summed E-state index contributed by atoms with van der Waals surface area (Å²) in [5, 5.41) is 2.94. The average Bonchev–Trinajstić information content (AvgIpc) is 3.13. The van der Waals surface area contributed by atoms with E-state index in [0.717, 1.165) is 28.8 Å². The van der Waals surface area contributed by atoms with Gasteiger partial charge < -0.3 is 9.88 Å². The first-order chi connectivity index (χ1) is 14.6. The Labute approximate surface area is 174 Å². The molecule has 0 aliphatic heterocycles. The standard InChI is InChI=1S/C24H24N4O2/c1-3-17-9-8-12-19(13-17)26-21(29)15-28-14-20(18-10-6-5-7-11-18)22-23(28)24(30)27(4-2)16-25-22/h5-14,16H,3-4,15H2,1-2H3,(H,26,29). The molecule has 4 aromatic rings. The lowest BCUT2D eigenvalue weighted by molar-refractivity contribution is -0.116. The summed E-state index contributed by atoms with van der Waals surface area (Å²) in [6.45, 7) is 4.52. The number of rotatable bonds is 6. The minimum Gasteiger partial charge on any atom is -0.332 e. The number of benzene rings is 2. The van der Waals surface area contributed by atoms with Gasteiger partial charge in [-0.1, -0.05) is 49.4 Å². The van der Waals surface area contributed by atoms with Crippen LogP contribution in [0.2, 0.25) is 0 Å². The van der Waals surface area contributed by atoms with Crippen molar-refractivity contribution in [1.82, 2.24) is 14.1 Å². The van der Waals surface area contributed by atoms with Gasteiger partial charge in [0.1, 0.15) is 17.6 Å². The zero-order chi connectivity index (χ0) is 21.1. The van der Waals surface area contributed by atoms with E-state index in [1.165, 1.54) is 0 Å². The minimum atomic E-state index is -0.189. The molecule has 1 amide bonds. The van der Waals surface area contributed by atoms with Gasteiger partial charge in [-0.25, -0.2) is 4.98 Å². The fraction of sp³-hybridized carbons (Fsp3) is 0.208. The van der Waals surface area contributed by atoms with Gasteiger partial charge in [-0.15, -0.1) is 0 Å². The van der Waals surface area contributed by atoms with Gasteiger partial charge in [0.15, 0.2) is 0 Å². The predicted molar refractivity (Wildman–Crippen MR) is 120 cm³/mol. The lowest BCUT2D eigenvalue weighted by atomic mass is 10.1. The SMILES string of the molecule is CCc1cccc(NC(=O)Cn2cc(-c3ccccc3)c3ncn(CC)c(=O)c32)c1. The summed E-state index contributed by atoms with van der Waals surface area (Å²) in [6, 6.07) is 17.6. The first kappa shape index (κ1) is 19.6. The Balaban J connectivity index is 1.74. The number of nitrogens with one attached hydrogen (secondary N) is 1. The summed E-state index contributed by atoms with van der Waals surface area (Å²) in [5.41, 5.74) is 4.60. The molecular weight excluding hydrogens is 376 g/mol. The van der Waals surface area contributed by atoms with Crippen LogP contribution in [-0.2, 0) is 24.3 Å². The van der Waals surface area contributed by atoms with E-state index in [2.05, 4.69) is 17.2 Å². The smallest absolute Gasteiger partial charge is 0.277 e. The summed E-state index contributed by atoms with van der Waals surface area (Å²) in [6.07, 6.45) is 4.31. The second kappa shape index (κ2) is 8.37. The third kappa shape index (κ3) is 3.76. The molecule has 0 saturated heterocycles. The number of aryl methyl sites for hydroxylation is 2. The van der Waals surface area contributed by atoms with E-state index in [9.17, 15) is 9.59 Å². The maximum absolute atomic E-state index is 13.0. The number of hydrogen-bond donors (Lipinski definition) is 1. The van der Waals surface area contributed by atoms with Gasteiger partial charge in [0.05, 0.1) is 6.33 Å². The molecule has 2 aromatic heterocycles. The van der Waals surface area contributed by atoms with E-state index in [0.29, 0.717) is 17.6 Å². The van der Waals surface area contributed by atoms with Crippen LogP contribution < -0.4 is 10.9 Å². The Morgan fingerprint density at radius 2 is 1.83 bits per heavy atom. The molecule has 6 nitrogen and oxygen atoms in total. The summed E-state index contributed by atoms with van der Waals surface area (Å²) in [7, 11) is 0. The third-order valence-corrected chi connectivity index (χ3v) is 5.20. The van der Waals surface area contributed by atoms with Crippen LogP contribution in [0.5, 0.6) is 0 Å². The van der Waals surface area contributed by atoms with Crippen molar-refractivity contribution in [1.29, 1.82) is 0 Å². The van der Waals surface area contributed by atoms with Crippen LogP contribution in [0.15, 0.2) is 71.9 Å². The highest BCUT2D eigenvalue weighted by atomic mass is 16.2. The first-order valence-electron chi connectivity index (χ1n) is 10.1. The van der Waals surface area contributed by atoms with E-state index in [1.54, 1.807) is 15.5 Å². The molecule has 6 heteroatoms. The van der Waals surface area contributed by atoms with Gasteiger partial charge in [0, 0.05) is 24.0 Å². The van der Waals surface area contributed by atoms with E-state index in [4.69, 9.17) is 0 Å². The lowest BCUT2D eigenvalue weighted by Gasteiger charge is -2.09. The third-order valence-electron chi connectivity index (χ3n) is 5.20. The number of carbonyl (C=O) groups excluding carboxylic acids is 1. The summed E-state index contributed by atoms with van der Waals surface area (Å²) >= 11 is 0. The van der Waals surface area contributed by atoms with Gasteiger partial charge in [0.2, 0.25) is 5.91 Å². The number of anilines is 1. The molecule has 1 N–H and O–H groups in total. The van der Waals surface area contributed by atoms with Crippen molar-refractivity contribution in [2.24, 2.45) is 0 Å². The number of nitrogens with zero attached hydrogens (tertiary/aromatic N) is 3. The van der Waals surface area contributed by atoms with Crippen LogP contribution in [0.3, 0.4) is 0 Å². The molecule has 0 aliphatic carbocycles. The minimum absolute atomic E-state index is 0.0321. The normalized spacial score (nSPS) is 11.0. The van der Waals surface area contributed by atoms with Crippen LogP contribution in [0.25, 0.3) is 22.2 Å². The fourth-order valence-corrected chi connectivity index (χ4v) is 3.62. The number of hydrogen-bond acceptors (Lipinski definition) is 3. The molecule has 2 aromatic carbocycles. The van der Waals surface area contributed by atoms with E-state index in [-0.39, 0.29) is 18.0 Å². The fourth-order valence-electron chi connectivity index (χ4n) is 3.62. The van der Waals surface area contributed by atoms with Gasteiger partial charge in [0.25, 0.3) is 5.56 Å². The zero-order valence-electron chi connectivity index (χ0n) is 17.1. The molecule has 152 valence electrons. The van der Waals surface area contributed by atoms with Crippen molar-refractivity contribution >= 4 is 22.6 Å². The number of amides is 1. The van der Waals surface area contributed by atoms with Crippen LogP contribution in [0.4, 0.5) is 5.69 Å². The van der Waals surface area contributed by atoms with Gasteiger partial charge >= 0.3 is 0 Å². The summed E-state index contributed by atoms with van der Waals surface area (Å²) in [5.74, 6) is -0.189. The number of aromatic nitrogens is 3. The van der Waals surface area contributed by atoms with Crippen molar-refractivity contribution in [3.05, 3.63) is 83.0 Å². The van der Waals surface area contributed by atoms with Crippen molar-refractivity contribution < 1.29 is 4.79 Å². The number of fused-ring (bicyclic) bond motifs is 1. The molecule has 2 heterocycles. The van der Waals surface area contributed by atoms with Crippen LogP contribution in [0.1, 0.15) is 19.4 Å². The van der Waals surface area contributed by atoms with E-state index in [1.807, 2.05) is 67.7 Å². The molecule has 30 heavy (non-hydrogen) atoms. The molecule has 0 atom stereocenters. The quantitative estimate of drug-likeness (QED) is 0.530. The van der Waals surface area contributed by atoms with Crippen molar-refractivity contribution in [3.8, 4) is 11.1 Å². The largest absolute Gasteiger partial charge is 0.332 e. The molecule has 0 bridgehead atoms. The Morgan fingerprint density at radius 3 is 2.57 bits per heavy atom. The van der Waals surface area contributed by atoms with Gasteiger partial charge in [-0.2, -0.15) is 0 Å². The Morgan fingerprint density at radius 1 is 1.03 bits per heavy atom. The molecule has 0 saturated carbocycles. The Hall–Kier alpha value is -3.67. The molecule has 0 radical (unpaired) electrons. The lowest BCUT2D eigenvalue weighted by Crippen LogP contribution is -2.24. The van der Waals surface area contributed by atoms with E-state index < -0.39 is 0 Å². The second-order valence-electron chi connectivity index (χ2n) is 7.17. The Bertz CT molecular complexity index is 1260. The van der Waals surface area contributed by atoms with Crippen LogP contribution >= 0.6 is 0 Å². The second-order valence-corrected chi connectivity index (χ2v) is 7.17. The molecule has 0 fully saturated rings. The van der Waals surface area contributed by atoms with Crippen LogP contribution in [0, 0.1) is 0 Å². The first-order valence-corrected chi connectivity index (χ1v) is 10.1. The van der Waals surface area contributed by atoms with Gasteiger partial charge in [-0.05, 0) is 36.6 Å². The highest BCUT2D eigenvalue weighted by molar-refractivity contribution is 5.95. The van der Waals surface area contributed by atoms with Crippen molar-refractivity contribution in [2.75, 3.05) is 5.32 Å². The van der Waals surface area contributed by atoms with Crippen molar-refractivity contribution in [2.45, 2.75) is 33.4 Å². The average molecular weight is 400 g/mol.